The van der Waals surface area contributed by atoms with Gasteiger partial charge in [-0.25, -0.2) is 0 Å². The number of aromatic hydroxyl groups is 1. The van der Waals surface area contributed by atoms with Crippen LogP contribution in [0, 0.1) is 35.5 Å². The first kappa shape index (κ1) is 68.6. The third-order valence-corrected chi connectivity index (χ3v) is 18.8. The van der Waals surface area contributed by atoms with Crippen molar-refractivity contribution in [2.75, 3.05) is 35.3 Å². The van der Waals surface area contributed by atoms with Gasteiger partial charge in [-0.3, -0.25) is 28.9 Å². The molecule has 0 saturated carbocycles. The Balaban J connectivity index is 0.000000294. The molecule has 0 spiro atoms. The molecule has 0 unspecified atom stereocenters. The van der Waals surface area contributed by atoms with Crippen LogP contribution in [0.25, 0.3) is 5.57 Å². The van der Waals surface area contributed by atoms with Crippen LogP contribution in [0.3, 0.4) is 0 Å². The highest BCUT2D eigenvalue weighted by atomic mass is 35.5. The van der Waals surface area contributed by atoms with Crippen LogP contribution >= 0.6 is 11.6 Å². The Kier molecular flexibility index (Phi) is 20.7. The number of Topliss-reactive ketones (excluding diaryl/α,β-unsaturated/α-hetero) is 3. The van der Waals surface area contributed by atoms with Crippen molar-refractivity contribution in [2.45, 2.75) is 197 Å². The van der Waals surface area contributed by atoms with E-state index in [4.69, 9.17) is 45.8 Å². The van der Waals surface area contributed by atoms with E-state index < -0.39 is 183 Å². The first-order chi connectivity index (χ1) is 38.7. The lowest BCUT2D eigenvalue weighted by Crippen LogP contribution is -2.68. The second-order valence-corrected chi connectivity index (χ2v) is 25.4. The molecule has 0 radical (unpaired) electrons. The van der Waals surface area contributed by atoms with Gasteiger partial charge < -0.3 is 90.1 Å². The summed E-state index contributed by atoms with van der Waals surface area (Å²) in [5.41, 5.74) is -4.31. The topological polar surface area (TPSA) is 376 Å². The maximum atomic E-state index is 14.1. The lowest BCUT2D eigenvalue weighted by molar-refractivity contribution is -0.318. The van der Waals surface area contributed by atoms with Gasteiger partial charge in [0.05, 0.1) is 76.8 Å². The first-order valence-electron chi connectivity index (χ1n) is 28.3. The number of primary amides is 1. The molecule has 3 heterocycles. The second kappa shape index (κ2) is 25.3. The van der Waals surface area contributed by atoms with Gasteiger partial charge in [0.1, 0.15) is 52.5 Å². The Morgan fingerprint density at radius 3 is 2.00 bits per heavy atom. The summed E-state index contributed by atoms with van der Waals surface area (Å²) >= 11 is 6.24. The van der Waals surface area contributed by atoms with Crippen LogP contribution in [0.1, 0.15) is 111 Å². The predicted molar refractivity (Wildman–Crippen MR) is 302 cm³/mol. The number of cyclic esters (lactones) is 1. The van der Waals surface area contributed by atoms with Crippen molar-refractivity contribution in [3.8, 4) is 5.75 Å². The van der Waals surface area contributed by atoms with Crippen molar-refractivity contribution < 1.29 is 103 Å². The number of phenolic OH excluding ortho intramolecular Hbond substituents is 1. The SMILES string of the molecule is C=C1c2c(Cl)ccc(O)c2C(=O)C2=C(O)[C@]3(O)C(=O)C(C(N)=O)=C(O)[C@@H](N(C)C)[C@@H]3[C@@H](O)[C@H]12.CC[C@H]1OC(=O)[C@H](C)[C@@H](O[C@H]2C[C@@](C)(OC)[C@@H](O)[C@H](C)O2)[C@H](C)[C@@H](O[C@@H]2O[C@H](C)C[C@H](N(C)C)[C@H]2O)[C@](C)(O)C[C@@H](C)C(=O)[C@H](C)[C@@H](O)[C@]1(C)O. The Morgan fingerprint density at radius 2 is 1.45 bits per heavy atom. The monoisotopic (exact) mass is 1210 g/mol. The number of fused-ring (bicyclic) bond motifs is 3. The highest BCUT2D eigenvalue weighted by Crippen LogP contribution is 2.56. The van der Waals surface area contributed by atoms with Gasteiger partial charge >= 0.3 is 5.97 Å². The molecule has 472 valence electrons. The summed E-state index contributed by atoms with van der Waals surface area (Å²) in [5.74, 6) is -14.1. The van der Waals surface area contributed by atoms with E-state index in [1.807, 2.05) is 25.9 Å². The minimum Gasteiger partial charge on any atom is -0.510 e. The number of likely N-dealkylation sites (N-methyl/N-ethyl adjacent to an activating group) is 2. The summed E-state index contributed by atoms with van der Waals surface area (Å²) in [5, 5.41) is 113. The summed E-state index contributed by atoms with van der Waals surface area (Å²) in [7, 11) is 8.07. The fraction of sp³-hybridized carbons (Fsp3) is 0.712. The summed E-state index contributed by atoms with van der Waals surface area (Å²) in [6, 6.07) is 0.809. The molecular weight excluding hydrogens is 1120 g/mol. The standard InChI is InChI=1S/C37H67NO13.C22H21ClN2O8/c1-14-25-37(10,45)30(41)20(4)27(39)18(2)16-35(8,44)32(51-34-28(40)24(38(11)12)15-19(3)47-34)21(5)29(22(6)33(43)49-25)50-26-17-36(9,46-13)31(42)23(7)48-26;1-6-9-7(23)4-5-8(26)11(9)16(27)12-10(6)17(28)14-15(25(2)3)18(29)13(21(24)32)20(31)22(14,33)19(12)30/h18-26,28-32,34,40-42,44-45H,14-17H2,1-13H3;4-5,10,14-15,17,26,28-30,33H,1H2,2-3H3,(H2,24,32)/t18-,19-,20+,21+,22-,23+,24+,25-,26+,28-,29+,30-,31+,32-,34+,35-,36-,37-;10-,14-,15+,17+,22+/m11/s1. The largest absolute Gasteiger partial charge is 0.510 e. The van der Waals surface area contributed by atoms with Crippen molar-refractivity contribution in [1.29, 1.82) is 0 Å². The summed E-state index contributed by atoms with van der Waals surface area (Å²) < 4.78 is 37.1. The Hall–Kier alpha value is -4.48. The van der Waals surface area contributed by atoms with Crippen LogP contribution in [0.2, 0.25) is 5.02 Å². The number of benzene rings is 1. The van der Waals surface area contributed by atoms with Gasteiger partial charge in [-0.05, 0) is 107 Å². The van der Waals surface area contributed by atoms with E-state index in [2.05, 4.69) is 6.58 Å². The van der Waals surface area contributed by atoms with Gasteiger partial charge in [0.25, 0.3) is 5.91 Å². The third kappa shape index (κ3) is 12.1. The lowest BCUT2D eigenvalue weighted by Gasteiger charge is -2.52. The van der Waals surface area contributed by atoms with Crippen LogP contribution < -0.4 is 5.73 Å². The van der Waals surface area contributed by atoms with Crippen molar-refractivity contribution in [3.63, 3.8) is 0 Å². The van der Waals surface area contributed by atoms with Crippen molar-refractivity contribution >= 4 is 46.4 Å². The van der Waals surface area contributed by atoms with Gasteiger partial charge in [-0.2, -0.15) is 0 Å². The maximum absolute atomic E-state index is 14.1. The molecule has 0 aromatic heterocycles. The molecule has 3 fully saturated rings. The van der Waals surface area contributed by atoms with Crippen LogP contribution in [0.5, 0.6) is 5.75 Å². The van der Waals surface area contributed by atoms with Crippen molar-refractivity contribution in [3.05, 3.63) is 57.5 Å². The van der Waals surface area contributed by atoms with E-state index >= 15 is 0 Å². The number of ether oxygens (including phenoxy) is 6. The van der Waals surface area contributed by atoms with E-state index in [0.717, 1.165) is 6.07 Å². The molecule has 84 heavy (non-hydrogen) atoms. The smallest absolute Gasteiger partial charge is 0.311 e. The summed E-state index contributed by atoms with van der Waals surface area (Å²) in [4.78, 5) is 69.6. The predicted octanol–water partition coefficient (Wildman–Crippen LogP) is 2.00. The number of rotatable bonds is 9. The quantitative estimate of drug-likeness (QED) is 0.124. The Morgan fingerprint density at radius 1 is 0.845 bits per heavy atom. The summed E-state index contributed by atoms with van der Waals surface area (Å²) in [6.07, 6.45) is -11.5. The molecule has 1 aromatic rings. The highest BCUT2D eigenvalue weighted by Gasteiger charge is 2.67. The first-order valence-corrected chi connectivity index (χ1v) is 28.7. The number of halogens is 1. The van der Waals surface area contributed by atoms with Gasteiger partial charge in [0.2, 0.25) is 5.78 Å². The number of ketones is 3. The zero-order valence-corrected chi connectivity index (χ0v) is 51.2. The number of aliphatic hydroxyl groups is 9. The molecule has 6 aliphatic rings. The number of hydrogen-bond acceptors (Lipinski definition) is 23. The number of aliphatic hydroxyl groups excluding tert-OH is 6. The number of esters is 1. The normalized spacial score (nSPS) is 42.6. The zero-order valence-electron chi connectivity index (χ0n) is 50.5. The van der Waals surface area contributed by atoms with Crippen LogP contribution in [-0.4, -0.2) is 227 Å². The molecule has 23 atom stereocenters. The number of phenols is 1. The third-order valence-electron chi connectivity index (χ3n) is 18.5. The highest BCUT2D eigenvalue weighted by molar-refractivity contribution is 6.34. The minimum atomic E-state index is -2.97. The maximum Gasteiger partial charge on any atom is 0.311 e. The van der Waals surface area contributed by atoms with Gasteiger partial charge in [0.15, 0.2) is 24.0 Å². The average Bonchev–Trinajstić information content (AvgIpc) is 0.773. The Labute approximate surface area is 494 Å². The lowest BCUT2D eigenvalue weighted by atomic mass is 9.56. The molecule has 3 aliphatic heterocycles. The fourth-order valence-electron chi connectivity index (χ4n) is 13.7. The van der Waals surface area contributed by atoms with E-state index in [0.29, 0.717) is 6.42 Å². The molecule has 7 rings (SSSR count). The molecule has 1 aromatic carbocycles. The molecule has 1 amide bonds. The molecule has 3 aliphatic carbocycles. The number of methoxy groups -OCH3 is 1. The second-order valence-electron chi connectivity index (χ2n) is 25.0. The fourth-order valence-corrected chi connectivity index (χ4v) is 14.0. The van der Waals surface area contributed by atoms with E-state index in [-0.39, 0.29) is 53.1 Å². The molecule has 12 N–H and O–H groups in total. The number of carbonyl (C=O) groups is 5. The summed E-state index contributed by atoms with van der Waals surface area (Å²) in [6.45, 7) is 20.2. The average molecular weight is 1210 g/mol. The minimum absolute atomic E-state index is 0.0498. The molecular formula is C59H88ClN3O21. The molecule has 0 bridgehead atoms. The number of nitrogens with two attached hydrogens (primary N) is 1. The van der Waals surface area contributed by atoms with E-state index in [9.17, 15) is 75.0 Å². The van der Waals surface area contributed by atoms with Crippen molar-refractivity contribution in [2.24, 2.45) is 41.2 Å². The van der Waals surface area contributed by atoms with Gasteiger partial charge in [-0.15, -0.1) is 0 Å². The number of nitrogens with zero attached hydrogens (tertiary/aromatic N) is 2. The molecule has 3 saturated heterocycles. The number of carbonyl (C=O) groups excluding carboxylic acids is 5. The number of amides is 1. The van der Waals surface area contributed by atoms with Crippen LogP contribution in [0.4, 0.5) is 0 Å². The van der Waals surface area contributed by atoms with E-state index in [1.165, 1.54) is 52.9 Å². The zero-order chi connectivity index (χ0) is 63.7. The molecule has 25 heteroatoms. The van der Waals surface area contributed by atoms with Crippen LogP contribution in [-0.2, 0) is 47.6 Å². The van der Waals surface area contributed by atoms with E-state index in [1.54, 1.807) is 41.5 Å². The van der Waals surface area contributed by atoms with Crippen molar-refractivity contribution in [1.82, 2.24) is 9.80 Å². The molecule has 24 nitrogen and oxygen atoms in total. The van der Waals surface area contributed by atoms with Crippen LogP contribution in [0.15, 0.2) is 41.4 Å². The number of hydrogen-bond donors (Lipinski definition) is 11. The van der Waals surface area contributed by atoms with Gasteiger partial charge in [-0.1, -0.05) is 45.9 Å². The van der Waals surface area contributed by atoms with Gasteiger partial charge in [0, 0.05) is 53.8 Å². The Bertz CT molecular complexity index is 2770.